The number of allylic oxidation sites excluding steroid dienone is 1. The molecule has 7 heteroatoms. The van der Waals surface area contributed by atoms with Crippen molar-refractivity contribution in [2.24, 2.45) is 10.2 Å². The van der Waals surface area contributed by atoms with E-state index in [2.05, 4.69) is 15.5 Å². The van der Waals surface area contributed by atoms with E-state index < -0.39 is 0 Å². The molecule has 0 aliphatic carbocycles. The van der Waals surface area contributed by atoms with E-state index in [1.807, 2.05) is 78.7 Å². The van der Waals surface area contributed by atoms with E-state index in [-0.39, 0.29) is 12.3 Å². The minimum atomic E-state index is -0.317. The summed E-state index contributed by atoms with van der Waals surface area (Å²) in [6.07, 6.45) is 5.36. The second-order valence-corrected chi connectivity index (χ2v) is 7.05. The fraction of sp³-hybridized carbons (Fsp3) is 0.174. The lowest BCUT2D eigenvalue weighted by Gasteiger charge is -2.26. The first-order valence-corrected chi connectivity index (χ1v) is 9.77. The molecule has 0 bridgehead atoms. The number of aromatic nitrogens is 1. The van der Waals surface area contributed by atoms with Crippen molar-refractivity contribution in [2.75, 3.05) is 7.11 Å². The Bertz CT molecular complexity index is 1170. The third-order valence-corrected chi connectivity index (χ3v) is 5.11. The van der Waals surface area contributed by atoms with E-state index >= 15 is 0 Å². The quantitative estimate of drug-likeness (QED) is 0.711. The summed E-state index contributed by atoms with van der Waals surface area (Å²) < 4.78 is 11.6. The smallest absolute Gasteiger partial charge is 0.188 e. The van der Waals surface area contributed by atoms with Crippen LogP contribution < -0.4 is 14.9 Å². The number of fused-ring (bicyclic) bond motifs is 2. The maximum atomic E-state index is 6.29. The maximum absolute atomic E-state index is 6.29. The largest absolute Gasteiger partial charge is 0.497 e. The van der Waals surface area contributed by atoms with Crippen LogP contribution in [0.4, 0.5) is 0 Å². The highest BCUT2D eigenvalue weighted by Gasteiger charge is 2.33. The minimum absolute atomic E-state index is 0.114. The first kappa shape index (κ1) is 18.2. The Morgan fingerprint density at radius 3 is 2.80 bits per heavy atom. The van der Waals surface area contributed by atoms with Gasteiger partial charge in [0.15, 0.2) is 18.1 Å². The van der Waals surface area contributed by atoms with E-state index in [1.54, 1.807) is 13.3 Å². The normalized spacial score (nSPS) is 18.3. The summed E-state index contributed by atoms with van der Waals surface area (Å²) in [5.74, 6) is 2.22. The number of hydrogen-bond donors (Lipinski definition) is 1. The van der Waals surface area contributed by atoms with Crippen molar-refractivity contribution in [3.8, 4) is 11.5 Å². The first-order chi connectivity index (χ1) is 14.7. The number of hydrazone groups is 2. The van der Waals surface area contributed by atoms with Crippen LogP contribution in [0.5, 0.6) is 11.5 Å². The molecule has 0 spiro atoms. The van der Waals surface area contributed by atoms with E-state index in [4.69, 9.17) is 14.6 Å². The van der Waals surface area contributed by atoms with E-state index in [1.165, 1.54) is 0 Å². The summed E-state index contributed by atoms with van der Waals surface area (Å²) in [7, 11) is 1.64. The molecule has 30 heavy (non-hydrogen) atoms. The molecule has 2 atom stereocenters. The number of methoxy groups -OCH3 is 1. The number of pyridine rings is 1. The fourth-order valence-electron chi connectivity index (χ4n) is 3.56. The topological polar surface area (TPSA) is 71.3 Å². The monoisotopic (exact) mass is 399 g/mol. The van der Waals surface area contributed by atoms with E-state index in [0.29, 0.717) is 0 Å². The average Bonchev–Trinajstić information content (AvgIpc) is 3.23. The number of ether oxygens (including phenoxy) is 2. The molecule has 3 aromatic rings. The molecule has 1 N–H and O–H groups in total. The van der Waals surface area contributed by atoms with Gasteiger partial charge in [-0.3, -0.25) is 10.4 Å². The summed E-state index contributed by atoms with van der Waals surface area (Å²) in [6, 6.07) is 17.7. The number of nitrogens with zero attached hydrogens (tertiary/aromatic N) is 4. The molecule has 0 fully saturated rings. The zero-order valence-electron chi connectivity index (χ0n) is 16.7. The molecule has 1 aromatic heterocycles. The Labute approximate surface area is 174 Å². The number of hydrogen-bond acceptors (Lipinski definition) is 7. The van der Waals surface area contributed by atoms with Crippen molar-refractivity contribution in [3.63, 3.8) is 0 Å². The highest BCUT2D eigenvalue weighted by molar-refractivity contribution is 6.10. The van der Waals surface area contributed by atoms with E-state index in [0.717, 1.165) is 39.5 Å². The Morgan fingerprint density at radius 1 is 1.10 bits per heavy atom. The molecule has 2 aliphatic heterocycles. The summed E-state index contributed by atoms with van der Waals surface area (Å²) in [5.41, 5.74) is 5.87. The van der Waals surface area contributed by atoms with Gasteiger partial charge in [-0.2, -0.15) is 10.2 Å². The molecule has 5 rings (SSSR count). The Hall–Kier alpha value is -3.87. The average molecular weight is 399 g/mol. The molecule has 0 saturated heterocycles. The van der Waals surface area contributed by atoms with Gasteiger partial charge in [-0.1, -0.05) is 30.3 Å². The zero-order chi connectivity index (χ0) is 20.5. The van der Waals surface area contributed by atoms with Gasteiger partial charge in [0.25, 0.3) is 0 Å². The molecule has 150 valence electrons. The summed E-state index contributed by atoms with van der Waals surface area (Å²) in [5, 5.41) is 12.1. The van der Waals surface area contributed by atoms with Crippen LogP contribution >= 0.6 is 0 Å². The zero-order valence-corrected chi connectivity index (χ0v) is 16.7. The molecule has 0 amide bonds. The lowest BCUT2D eigenvalue weighted by atomic mass is 10.1. The lowest BCUT2D eigenvalue weighted by molar-refractivity contribution is 0.260. The first-order valence-electron chi connectivity index (χ1n) is 9.77. The van der Waals surface area contributed by atoms with Gasteiger partial charge in [0.2, 0.25) is 0 Å². The van der Waals surface area contributed by atoms with Crippen LogP contribution in [-0.4, -0.2) is 40.9 Å². The fourth-order valence-corrected chi connectivity index (χ4v) is 3.56. The molecule has 7 nitrogen and oxygen atoms in total. The number of rotatable bonds is 5. The SMILES string of the molecule is COc1ccc2c(O[C@@H](C)C3=NNC4C=CC(c5ccccc5)=NN34)ccnc2c1. The van der Waals surface area contributed by atoms with Crippen molar-refractivity contribution in [3.05, 3.63) is 78.5 Å². The van der Waals surface area contributed by atoms with Crippen molar-refractivity contribution in [2.45, 2.75) is 19.2 Å². The minimum Gasteiger partial charge on any atom is -0.497 e. The number of nitrogens with one attached hydrogen (secondary N) is 1. The highest BCUT2D eigenvalue weighted by atomic mass is 16.5. The van der Waals surface area contributed by atoms with Gasteiger partial charge in [-0.15, -0.1) is 0 Å². The van der Waals surface area contributed by atoms with Crippen LogP contribution in [0, 0.1) is 0 Å². The summed E-state index contributed by atoms with van der Waals surface area (Å²) in [6.45, 7) is 1.97. The van der Waals surface area contributed by atoms with Crippen molar-refractivity contribution >= 4 is 22.5 Å². The van der Waals surface area contributed by atoms with Gasteiger partial charge in [0.05, 0.1) is 18.3 Å². The predicted octanol–water partition coefficient (Wildman–Crippen LogP) is 3.53. The van der Waals surface area contributed by atoms with Crippen LogP contribution in [0.3, 0.4) is 0 Å². The standard InChI is InChI=1S/C23H21N5O2/c1-15(30-21-12-13-24-20-14-17(29-2)8-9-18(20)21)23-26-25-22-11-10-19(27-28(22)23)16-6-4-3-5-7-16/h3-15,22,25H,1-2H3/t15-,22?/m0/s1. The van der Waals surface area contributed by atoms with Crippen LogP contribution in [0.25, 0.3) is 10.9 Å². The van der Waals surface area contributed by atoms with Crippen molar-refractivity contribution in [1.82, 2.24) is 15.4 Å². The molecular formula is C23H21N5O2. The Kier molecular flexibility index (Phi) is 4.55. The van der Waals surface area contributed by atoms with Gasteiger partial charge in [-0.25, -0.2) is 5.01 Å². The van der Waals surface area contributed by atoms with Crippen molar-refractivity contribution in [1.29, 1.82) is 0 Å². The van der Waals surface area contributed by atoms with Crippen LogP contribution in [-0.2, 0) is 0 Å². The van der Waals surface area contributed by atoms with Gasteiger partial charge in [-0.05, 0) is 37.3 Å². The molecule has 2 aliphatic rings. The summed E-state index contributed by atoms with van der Waals surface area (Å²) in [4.78, 5) is 4.42. The predicted molar refractivity (Wildman–Crippen MR) is 117 cm³/mol. The lowest BCUT2D eigenvalue weighted by Crippen LogP contribution is -2.42. The van der Waals surface area contributed by atoms with Gasteiger partial charge in [0.1, 0.15) is 11.5 Å². The molecule has 0 radical (unpaired) electrons. The second-order valence-electron chi connectivity index (χ2n) is 7.05. The second kappa shape index (κ2) is 7.51. The van der Waals surface area contributed by atoms with Crippen LogP contribution in [0.15, 0.2) is 83.1 Å². The molecule has 3 heterocycles. The Balaban J connectivity index is 1.41. The number of amidine groups is 1. The van der Waals surface area contributed by atoms with E-state index in [9.17, 15) is 0 Å². The van der Waals surface area contributed by atoms with Gasteiger partial charge < -0.3 is 9.47 Å². The molecule has 0 saturated carbocycles. The highest BCUT2D eigenvalue weighted by Crippen LogP contribution is 2.29. The summed E-state index contributed by atoms with van der Waals surface area (Å²) >= 11 is 0. The van der Waals surface area contributed by atoms with Gasteiger partial charge >= 0.3 is 0 Å². The number of benzene rings is 2. The van der Waals surface area contributed by atoms with Crippen LogP contribution in [0.2, 0.25) is 0 Å². The van der Waals surface area contributed by atoms with Crippen molar-refractivity contribution < 1.29 is 9.47 Å². The molecule has 2 aromatic carbocycles. The Morgan fingerprint density at radius 2 is 1.97 bits per heavy atom. The molecule has 1 unspecified atom stereocenters. The van der Waals surface area contributed by atoms with Gasteiger partial charge in [0, 0.05) is 23.2 Å². The maximum Gasteiger partial charge on any atom is 0.188 e. The molecular weight excluding hydrogens is 378 g/mol. The third-order valence-electron chi connectivity index (χ3n) is 5.11. The van der Waals surface area contributed by atoms with Crippen LogP contribution in [0.1, 0.15) is 12.5 Å². The third kappa shape index (κ3) is 3.24.